The molecule has 4 nitrogen and oxygen atoms in total. The first-order valence-electron chi connectivity index (χ1n) is 6.03. The molecule has 1 atom stereocenters. The average molecular weight is 220 g/mol. The Bertz CT molecular complexity index is 325. The van der Waals surface area contributed by atoms with Crippen LogP contribution in [0.4, 0.5) is 5.82 Å². The van der Waals surface area contributed by atoms with E-state index in [0.29, 0.717) is 6.04 Å². The molecule has 16 heavy (non-hydrogen) atoms. The third-order valence-electron chi connectivity index (χ3n) is 2.93. The maximum atomic E-state index is 4.36. The van der Waals surface area contributed by atoms with Crippen LogP contribution in [0.3, 0.4) is 0 Å². The highest BCUT2D eigenvalue weighted by Gasteiger charge is 2.12. The van der Waals surface area contributed by atoms with Crippen molar-refractivity contribution in [1.82, 2.24) is 15.3 Å². The minimum absolute atomic E-state index is 0.691. The van der Waals surface area contributed by atoms with E-state index >= 15 is 0 Å². The lowest BCUT2D eigenvalue weighted by molar-refractivity contribution is 0.574. The van der Waals surface area contributed by atoms with Gasteiger partial charge in [-0.05, 0) is 39.7 Å². The van der Waals surface area contributed by atoms with Gasteiger partial charge in [0.1, 0.15) is 11.6 Å². The summed E-state index contributed by atoms with van der Waals surface area (Å²) in [6, 6.07) is 2.69. The summed E-state index contributed by atoms with van der Waals surface area (Å²) in [7, 11) is 0. The number of rotatable bonds is 4. The predicted molar refractivity (Wildman–Crippen MR) is 65.6 cm³/mol. The van der Waals surface area contributed by atoms with Gasteiger partial charge in [0.25, 0.3) is 0 Å². The molecule has 1 aliphatic rings. The highest BCUT2D eigenvalue weighted by Crippen LogP contribution is 2.10. The largest absolute Gasteiger partial charge is 0.370 e. The first kappa shape index (κ1) is 11.3. The molecule has 1 aromatic heterocycles. The molecule has 2 rings (SSSR count). The average Bonchev–Trinajstić information content (AvgIpc) is 2.69. The van der Waals surface area contributed by atoms with Gasteiger partial charge in [-0.25, -0.2) is 9.97 Å². The van der Waals surface area contributed by atoms with Crippen LogP contribution in [-0.2, 0) is 0 Å². The van der Waals surface area contributed by atoms with Gasteiger partial charge in [-0.1, -0.05) is 0 Å². The Balaban J connectivity index is 1.80. The summed E-state index contributed by atoms with van der Waals surface area (Å²) in [4.78, 5) is 8.61. The zero-order chi connectivity index (χ0) is 11.4. The molecule has 0 aromatic carbocycles. The Morgan fingerprint density at radius 2 is 2.31 bits per heavy atom. The molecule has 0 amide bonds. The molecule has 0 spiro atoms. The highest BCUT2D eigenvalue weighted by atomic mass is 15.0. The number of hydrogen-bond donors (Lipinski definition) is 2. The van der Waals surface area contributed by atoms with Crippen molar-refractivity contribution in [1.29, 1.82) is 0 Å². The normalized spacial score (nSPS) is 20.0. The molecule has 0 bridgehead atoms. The van der Waals surface area contributed by atoms with Gasteiger partial charge in [-0.15, -0.1) is 0 Å². The molecule has 2 heterocycles. The fourth-order valence-corrected chi connectivity index (χ4v) is 2.19. The Morgan fingerprint density at radius 3 is 3.00 bits per heavy atom. The summed E-state index contributed by atoms with van der Waals surface area (Å²) in [6.07, 6.45) is 3.79. The first-order chi connectivity index (χ1) is 7.74. The minimum Gasteiger partial charge on any atom is -0.370 e. The minimum atomic E-state index is 0.691. The van der Waals surface area contributed by atoms with E-state index in [1.54, 1.807) is 0 Å². The van der Waals surface area contributed by atoms with Crippen LogP contribution in [0.2, 0.25) is 0 Å². The number of hydrogen-bond acceptors (Lipinski definition) is 4. The monoisotopic (exact) mass is 220 g/mol. The molecule has 88 valence electrons. The van der Waals surface area contributed by atoms with Crippen molar-refractivity contribution >= 4 is 5.82 Å². The van der Waals surface area contributed by atoms with Crippen LogP contribution in [0.5, 0.6) is 0 Å². The fourth-order valence-electron chi connectivity index (χ4n) is 2.19. The second kappa shape index (κ2) is 5.25. The first-order valence-corrected chi connectivity index (χ1v) is 6.03. The van der Waals surface area contributed by atoms with Crippen LogP contribution in [0, 0.1) is 13.8 Å². The standard InChI is InChI=1S/C12H20N4/c1-9-8-12(16-10(2)15-9)14-7-5-11-4-3-6-13-11/h8,11,13H,3-7H2,1-2H3,(H,14,15,16)/t11-/m1/s1. The summed E-state index contributed by atoms with van der Waals surface area (Å²) in [5.41, 5.74) is 1.02. The van der Waals surface area contributed by atoms with Gasteiger partial charge >= 0.3 is 0 Å². The van der Waals surface area contributed by atoms with E-state index in [1.165, 1.54) is 25.8 Å². The molecule has 0 aliphatic carbocycles. The molecule has 4 heteroatoms. The maximum absolute atomic E-state index is 4.36. The summed E-state index contributed by atoms with van der Waals surface area (Å²) in [5, 5.41) is 6.85. The number of aromatic nitrogens is 2. The van der Waals surface area contributed by atoms with Crippen molar-refractivity contribution in [3.63, 3.8) is 0 Å². The van der Waals surface area contributed by atoms with E-state index < -0.39 is 0 Å². The van der Waals surface area contributed by atoms with Crippen molar-refractivity contribution in [3.8, 4) is 0 Å². The van der Waals surface area contributed by atoms with Crippen LogP contribution < -0.4 is 10.6 Å². The quantitative estimate of drug-likeness (QED) is 0.810. The van der Waals surface area contributed by atoms with Crippen molar-refractivity contribution in [2.75, 3.05) is 18.4 Å². The topological polar surface area (TPSA) is 49.8 Å². The summed E-state index contributed by atoms with van der Waals surface area (Å²) < 4.78 is 0. The molecular formula is C12H20N4. The van der Waals surface area contributed by atoms with Gasteiger partial charge in [-0.3, -0.25) is 0 Å². The highest BCUT2D eigenvalue weighted by molar-refractivity contribution is 5.35. The van der Waals surface area contributed by atoms with E-state index in [9.17, 15) is 0 Å². The maximum Gasteiger partial charge on any atom is 0.129 e. The smallest absolute Gasteiger partial charge is 0.129 e. The lowest BCUT2D eigenvalue weighted by Crippen LogP contribution is -2.24. The Morgan fingerprint density at radius 1 is 1.44 bits per heavy atom. The third-order valence-corrected chi connectivity index (χ3v) is 2.93. The van der Waals surface area contributed by atoms with E-state index in [0.717, 1.165) is 23.9 Å². The molecule has 0 radical (unpaired) electrons. The van der Waals surface area contributed by atoms with Crippen molar-refractivity contribution in [3.05, 3.63) is 17.6 Å². The lowest BCUT2D eigenvalue weighted by atomic mass is 10.1. The van der Waals surface area contributed by atoms with Crippen molar-refractivity contribution < 1.29 is 0 Å². The van der Waals surface area contributed by atoms with Crippen LogP contribution in [-0.4, -0.2) is 29.1 Å². The van der Waals surface area contributed by atoms with E-state index in [-0.39, 0.29) is 0 Å². The second-order valence-electron chi connectivity index (χ2n) is 4.45. The molecule has 1 aliphatic heterocycles. The van der Waals surface area contributed by atoms with Crippen LogP contribution >= 0.6 is 0 Å². The van der Waals surface area contributed by atoms with Crippen LogP contribution in [0.1, 0.15) is 30.8 Å². The Labute approximate surface area is 96.9 Å². The van der Waals surface area contributed by atoms with Crippen molar-refractivity contribution in [2.45, 2.75) is 39.2 Å². The van der Waals surface area contributed by atoms with Gasteiger partial charge in [0.05, 0.1) is 0 Å². The summed E-state index contributed by atoms with van der Waals surface area (Å²) in [6.45, 7) is 6.08. The number of nitrogens with zero attached hydrogens (tertiary/aromatic N) is 2. The van der Waals surface area contributed by atoms with Gasteiger partial charge in [-0.2, -0.15) is 0 Å². The molecule has 0 saturated carbocycles. The van der Waals surface area contributed by atoms with Gasteiger partial charge < -0.3 is 10.6 Å². The SMILES string of the molecule is Cc1cc(NCC[C@H]2CCCN2)nc(C)n1. The molecule has 1 saturated heterocycles. The number of aryl methyl sites for hydroxylation is 2. The van der Waals surface area contributed by atoms with E-state index in [4.69, 9.17) is 0 Å². The Kier molecular flexibility index (Phi) is 3.72. The van der Waals surface area contributed by atoms with Crippen LogP contribution in [0.15, 0.2) is 6.07 Å². The predicted octanol–water partition coefficient (Wildman–Crippen LogP) is 1.65. The molecular weight excluding hydrogens is 200 g/mol. The second-order valence-corrected chi connectivity index (χ2v) is 4.45. The zero-order valence-electron chi connectivity index (χ0n) is 10.1. The molecule has 1 fully saturated rings. The Hall–Kier alpha value is -1.16. The number of anilines is 1. The van der Waals surface area contributed by atoms with Gasteiger partial charge in [0, 0.05) is 24.3 Å². The van der Waals surface area contributed by atoms with E-state index in [2.05, 4.69) is 20.6 Å². The van der Waals surface area contributed by atoms with Crippen molar-refractivity contribution in [2.24, 2.45) is 0 Å². The fraction of sp³-hybridized carbons (Fsp3) is 0.667. The third kappa shape index (κ3) is 3.17. The zero-order valence-corrected chi connectivity index (χ0v) is 10.1. The van der Waals surface area contributed by atoms with Crippen LogP contribution in [0.25, 0.3) is 0 Å². The van der Waals surface area contributed by atoms with Gasteiger partial charge in [0.15, 0.2) is 0 Å². The number of nitrogens with one attached hydrogen (secondary N) is 2. The summed E-state index contributed by atoms with van der Waals surface area (Å²) in [5.74, 6) is 1.78. The molecule has 1 aromatic rings. The molecule has 0 unspecified atom stereocenters. The van der Waals surface area contributed by atoms with Gasteiger partial charge in [0.2, 0.25) is 0 Å². The summed E-state index contributed by atoms with van der Waals surface area (Å²) >= 11 is 0. The molecule has 2 N–H and O–H groups in total. The van der Waals surface area contributed by atoms with E-state index in [1.807, 2.05) is 19.9 Å². The lowest BCUT2D eigenvalue weighted by Gasteiger charge is -2.11.